The third kappa shape index (κ3) is 3.43. The molecule has 0 fully saturated rings. The van der Waals surface area contributed by atoms with Gasteiger partial charge in [-0.3, -0.25) is 10.1 Å². The van der Waals surface area contributed by atoms with Gasteiger partial charge in [0.05, 0.1) is 16.9 Å². The highest BCUT2D eigenvalue weighted by molar-refractivity contribution is 9.09. The number of sulfonamides is 1. The van der Waals surface area contributed by atoms with E-state index in [1.807, 2.05) is 0 Å². The molecule has 9 heteroatoms. The number of benzene rings is 1. The Morgan fingerprint density at radius 3 is 2.58 bits per heavy atom. The van der Waals surface area contributed by atoms with Crippen LogP contribution in [0.4, 0.5) is 5.69 Å². The molecular weight excluding hydrogens is 340 g/mol. The van der Waals surface area contributed by atoms with E-state index in [4.69, 9.17) is 4.74 Å². The highest BCUT2D eigenvalue weighted by atomic mass is 79.9. The van der Waals surface area contributed by atoms with Crippen molar-refractivity contribution < 1.29 is 18.1 Å². The predicted molar refractivity (Wildman–Crippen MR) is 73.3 cm³/mol. The smallest absolute Gasteiger partial charge is 0.312 e. The molecule has 0 bridgehead atoms. The Labute approximate surface area is 119 Å². The summed E-state index contributed by atoms with van der Waals surface area (Å²) in [6, 6.07) is 3.55. The summed E-state index contributed by atoms with van der Waals surface area (Å²) in [6.45, 7) is 0.266. The van der Waals surface area contributed by atoms with Gasteiger partial charge in [0.2, 0.25) is 10.0 Å². The van der Waals surface area contributed by atoms with Crippen LogP contribution in [0, 0.1) is 10.1 Å². The molecule has 0 saturated carbocycles. The van der Waals surface area contributed by atoms with Crippen molar-refractivity contribution in [2.75, 3.05) is 26.0 Å². The zero-order valence-corrected chi connectivity index (χ0v) is 12.8. The van der Waals surface area contributed by atoms with Crippen molar-refractivity contribution in [1.82, 2.24) is 4.31 Å². The number of nitro groups is 1. The Hall–Kier alpha value is -1.19. The van der Waals surface area contributed by atoms with Crippen molar-refractivity contribution in [3.8, 4) is 5.75 Å². The van der Waals surface area contributed by atoms with Gasteiger partial charge in [0, 0.05) is 25.0 Å². The molecular formula is C10H13BrN2O5S. The summed E-state index contributed by atoms with van der Waals surface area (Å²) < 4.78 is 30.2. The van der Waals surface area contributed by atoms with Crippen LogP contribution in [0.1, 0.15) is 0 Å². The topological polar surface area (TPSA) is 89.8 Å². The highest BCUT2D eigenvalue weighted by Gasteiger charge is 2.25. The van der Waals surface area contributed by atoms with Gasteiger partial charge in [0.1, 0.15) is 0 Å². The van der Waals surface area contributed by atoms with Crippen LogP contribution in [-0.2, 0) is 10.0 Å². The summed E-state index contributed by atoms with van der Waals surface area (Å²) in [5.74, 6) is 0.0205. The fourth-order valence-corrected chi connectivity index (χ4v) is 3.35. The molecule has 0 aliphatic heterocycles. The van der Waals surface area contributed by atoms with E-state index in [9.17, 15) is 18.5 Å². The maximum absolute atomic E-state index is 12.1. The molecule has 0 atom stereocenters. The van der Waals surface area contributed by atoms with E-state index in [-0.39, 0.29) is 22.9 Å². The first kappa shape index (κ1) is 15.9. The third-order valence-electron chi connectivity index (χ3n) is 2.45. The maximum Gasteiger partial charge on any atom is 0.312 e. The van der Waals surface area contributed by atoms with Crippen molar-refractivity contribution in [2.45, 2.75) is 4.90 Å². The minimum Gasteiger partial charge on any atom is -0.490 e. The van der Waals surface area contributed by atoms with E-state index in [2.05, 4.69) is 15.9 Å². The van der Waals surface area contributed by atoms with Gasteiger partial charge in [-0.1, -0.05) is 15.9 Å². The van der Waals surface area contributed by atoms with Gasteiger partial charge in [-0.05, 0) is 12.1 Å². The molecule has 0 radical (unpaired) electrons. The molecule has 0 amide bonds. The van der Waals surface area contributed by atoms with E-state index in [1.165, 1.54) is 26.3 Å². The lowest BCUT2D eigenvalue weighted by Crippen LogP contribution is -2.28. The van der Waals surface area contributed by atoms with E-state index >= 15 is 0 Å². The third-order valence-corrected chi connectivity index (χ3v) is 4.66. The molecule has 0 aliphatic rings. The first-order valence-electron chi connectivity index (χ1n) is 5.19. The summed E-state index contributed by atoms with van der Waals surface area (Å²) in [4.78, 5) is 10.1. The van der Waals surface area contributed by atoms with Crippen LogP contribution in [0.25, 0.3) is 0 Å². The first-order chi connectivity index (χ1) is 8.84. The Morgan fingerprint density at radius 2 is 2.11 bits per heavy atom. The van der Waals surface area contributed by atoms with E-state index in [1.54, 1.807) is 0 Å². The van der Waals surface area contributed by atoms with Crippen LogP contribution < -0.4 is 4.74 Å². The first-order valence-corrected chi connectivity index (χ1v) is 7.75. The van der Waals surface area contributed by atoms with Gasteiger partial charge in [-0.15, -0.1) is 0 Å². The van der Waals surface area contributed by atoms with Gasteiger partial charge in [0.15, 0.2) is 5.75 Å². The lowest BCUT2D eigenvalue weighted by molar-refractivity contribution is -0.386. The Morgan fingerprint density at radius 1 is 1.47 bits per heavy atom. The van der Waals surface area contributed by atoms with Gasteiger partial charge < -0.3 is 4.74 Å². The van der Waals surface area contributed by atoms with Crippen molar-refractivity contribution >= 4 is 31.6 Å². The summed E-state index contributed by atoms with van der Waals surface area (Å²) in [5.41, 5.74) is -0.379. The second kappa shape index (κ2) is 6.31. The molecule has 0 spiro atoms. The molecule has 0 heterocycles. The lowest BCUT2D eigenvalue weighted by atomic mass is 10.3. The largest absolute Gasteiger partial charge is 0.490 e. The SMILES string of the molecule is COc1ccc(S(=O)(=O)N(C)CCBr)cc1[N+](=O)[O-]. The van der Waals surface area contributed by atoms with Crippen LogP contribution in [0.5, 0.6) is 5.75 Å². The zero-order valence-electron chi connectivity index (χ0n) is 10.4. The molecule has 0 aromatic heterocycles. The number of halogens is 1. The number of methoxy groups -OCH3 is 1. The molecule has 1 aromatic carbocycles. The van der Waals surface area contributed by atoms with E-state index < -0.39 is 14.9 Å². The Kier molecular flexibility index (Phi) is 5.27. The molecule has 0 saturated heterocycles. The van der Waals surface area contributed by atoms with Crippen LogP contribution in [0.15, 0.2) is 23.1 Å². The van der Waals surface area contributed by atoms with Gasteiger partial charge in [0.25, 0.3) is 0 Å². The number of ether oxygens (including phenoxy) is 1. The number of rotatable bonds is 6. The Bertz CT molecular complexity index is 575. The van der Waals surface area contributed by atoms with Crippen molar-refractivity contribution in [3.05, 3.63) is 28.3 Å². The van der Waals surface area contributed by atoms with Crippen LogP contribution in [0.3, 0.4) is 0 Å². The monoisotopic (exact) mass is 352 g/mol. The molecule has 0 aliphatic carbocycles. The normalized spacial score (nSPS) is 11.6. The van der Waals surface area contributed by atoms with E-state index in [0.717, 1.165) is 10.4 Å². The highest BCUT2D eigenvalue weighted by Crippen LogP contribution is 2.30. The molecule has 7 nitrogen and oxygen atoms in total. The second-order valence-corrected chi connectivity index (χ2v) is 6.44. The molecule has 0 N–H and O–H groups in total. The fourth-order valence-electron chi connectivity index (χ4n) is 1.39. The molecule has 106 valence electrons. The van der Waals surface area contributed by atoms with Crippen molar-refractivity contribution in [2.24, 2.45) is 0 Å². The van der Waals surface area contributed by atoms with Gasteiger partial charge in [-0.25, -0.2) is 12.7 Å². The number of hydrogen-bond acceptors (Lipinski definition) is 5. The molecule has 1 rings (SSSR count). The summed E-state index contributed by atoms with van der Waals surface area (Å²) in [6.07, 6.45) is 0. The minimum atomic E-state index is -3.74. The molecule has 1 aromatic rings. The quantitative estimate of drug-likeness (QED) is 0.440. The predicted octanol–water partition coefficient (Wildman–Crippen LogP) is 1.62. The average Bonchev–Trinajstić information content (AvgIpc) is 2.38. The Balaban J connectivity index is 3.29. The maximum atomic E-state index is 12.1. The minimum absolute atomic E-state index is 0.0205. The van der Waals surface area contributed by atoms with Crippen LogP contribution in [0.2, 0.25) is 0 Å². The fraction of sp³-hybridized carbons (Fsp3) is 0.400. The summed E-state index contributed by atoms with van der Waals surface area (Å²) >= 11 is 3.14. The number of nitrogens with zero attached hydrogens (tertiary/aromatic N) is 2. The number of nitro benzene ring substituents is 1. The number of hydrogen-bond donors (Lipinski definition) is 0. The summed E-state index contributed by atoms with van der Waals surface area (Å²) in [5, 5.41) is 11.3. The lowest BCUT2D eigenvalue weighted by Gasteiger charge is -2.15. The van der Waals surface area contributed by atoms with Crippen molar-refractivity contribution in [3.63, 3.8) is 0 Å². The van der Waals surface area contributed by atoms with Crippen molar-refractivity contribution in [1.29, 1.82) is 0 Å². The van der Waals surface area contributed by atoms with Gasteiger partial charge >= 0.3 is 5.69 Å². The average molecular weight is 353 g/mol. The van der Waals surface area contributed by atoms with Gasteiger partial charge in [-0.2, -0.15) is 0 Å². The summed E-state index contributed by atoms with van der Waals surface area (Å²) in [7, 11) is -1.04. The second-order valence-electron chi connectivity index (χ2n) is 3.61. The van der Waals surface area contributed by atoms with Crippen LogP contribution in [-0.4, -0.2) is 43.7 Å². The molecule has 0 unspecified atom stereocenters. The van der Waals surface area contributed by atoms with E-state index in [0.29, 0.717) is 5.33 Å². The zero-order chi connectivity index (χ0) is 14.6. The number of alkyl halides is 1. The molecule has 19 heavy (non-hydrogen) atoms. The standard InChI is InChI=1S/C10H13BrN2O5S/c1-12(6-5-11)19(16,17)8-3-4-10(18-2)9(7-8)13(14)15/h3-4,7H,5-6H2,1-2H3. The van der Waals surface area contributed by atoms with Crippen LogP contribution >= 0.6 is 15.9 Å².